The molecule has 0 aromatic heterocycles. The van der Waals surface area contributed by atoms with Gasteiger partial charge in [-0.3, -0.25) is 4.79 Å². The monoisotopic (exact) mass is 354 g/mol. The van der Waals surface area contributed by atoms with E-state index in [2.05, 4.69) is 15.9 Å². The summed E-state index contributed by atoms with van der Waals surface area (Å²) in [6.45, 7) is -0.341. The van der Waals surface area contributed by atoms with Crippen LogP contribution in [0.3, 0.4) is 0 Å². The third-order valence-electron chi connectivity index (χ3n) is 3.31. The number of rotatable bonds is 2. The largest absolute Gasteiger partial charge is 0.369 e. The van der Waals surface area contributed by atoms with Gasteiger partial charge >= 0.3 is 0 Å². The van der Waals surface area contributed by atoms with Gasteiger partial charge in [0.15, 0.2) is 6.20 Å². The zero-order valence-electron chi connectivity index (χ0n) is 11.6. The molecule has 0 saturated heterocycles. The van der Waals surface area contributed by atoms with Gasteiger partial charge in [0.1, 0.15) is 11.6 Å². The molecule has 1 aliphatic heterocycles. The van der Waals surface area contributed by atoms with E-state index in [4.69, 9.17) is 1.37 Å². The number of carbonyl (C=O) groups excluding carboxylic acids is 1. The normalized spacial score (nSPS) is 21.4. The number of halogens is 3. The highest BCUT2D eigenvalue weighted by Gasteiger charge is 2.37. The Morgan fingerprint density at radius 1 is 1.29 bits per heavy atom. The summed E-state index contributed by atoms with van der Waals surface area (Å²) in [5.74, 6) is -2.15. The molecule has 1 amide bonds. The number of aliphatic hydroxyl groups is 1. The summed E-state index contributed by atoms with van der Waals surface area (Å²) in [4.78, 5) is 13.0. The lowest BCUT2D eigenvalue weighted by Gasteiger charge is -2.21. The van der Waals surface area contributed by atoms with E-state index in [0.29, 0.717) is 4.47 Å². The number of fused-ring (bicyclic) bond motifs is 1. The van der Waals surface area contributed by atoms with Crippen LogP contribution in [0.25, 0.3) is 0 Å². The molecule has 2 aromatic carbocycles. The molecule has 0 spiro atoms. The van der Waals surface area contributed by atoms with Crippen LogP contribution in [-0.2, 0) is 6.54 Å². The number of carbonyl (C=O) groups is 1. The van der Waals surface area contributed by atoms with Crippen LogP contribution in [0.2, 0.25) is 0 Å². The van der Waals surface area contributed by atoms with Crippen molar-refractivity contribution >= 4 is 21.8 Å². The molecule has 6 heteroatoms. The number of nitrogens with zero attached hydrogens (tertiary/aromatic N) is 1. The molecule has 0 radical (unpaired) electrons. The van der Waals surface area contributed by atoms with Crippen molar-refractivity contribution in [2.75, 3.05) is 0 Å². The summed E-state index contributed by atoms with van der Waals surface area (Å²) < 4.78 is 36.2. The second-order valence-electron chi connectivity index (χ2n) is 4.61. The van der Waals surface area contributed by atoms with Crippen molar-refractivity contribution in [2.45, 2.75) is 12.7 Å². The Balaban J connectivity index is 2.03. The molecule has 2 aromatic rings. The smallest absolute Gasteiger partial charge is 0.257 e. The van der Waals surface area contributed by atoms with Crippen LogP contribution in [-0.4, -0.2) is 15.9 Å². The molecule has 1 N–H and O–H groups in total. The van der Waals surface area contributed by atoms with Crippen molar-refractivity contribution in [3.05, 3.63) is 69.2 Å². The lowest BCUT2D eigenvalue weighted by atomic mass is 10.1. The Labute approximate surface area is 129 Å². The van der Waals surface area contributed by atoms with Crippen molar-refractivity contribution in [1.29, 1.82) is 0 Å². The molecule has 1 heterocycles. The first-order chi connectivity index (χ1) is 10.3. The highest BCUT2D eigenvalue weighted by molar-refractivity contribution is 9.10. The molecule has 0 fully saturated rings. The van der Waals surface area contributed by atoms with E-state index in [1.807, 2.05) is 0 Å². The predicted octanol–water partition coefficient (Wildman–Crippen LogP) is 3.37. The van der Waals surface area contributed by atoms with Crippen LogP contribution in [0.1, 0.15) is 29.1 Å². The van der Waals surface area contributed by atoms with Gasteiger partial charge in [0.2, 0.25) is 0 Å². The van der Waals surface area contributed by atoms with Crippen LogP contribution in [0.5, 0.6) is 0 Å². The third-order valence-corrected chi connectivity index (χ3v) is 3.81. The van der Waals surface area contributed by atoms with E-state index < -0.39 is 29.3 Å². The van der Waals surface area contributed by atoms with Crippen molar-refractivity contribution in [2.24, 2.45) is 0 Å². The Hall–Kier alpha value is -1.79. The Bertz CT molecular complexity index is 782. The Morgan fingerprint density at radius 2 is 2.05 bits per heavy atom. The quantitative estimate of drug-likeness (QED) is 0.898. The van der Waals surface area contributed by atoms with E-state index in [1.165, 1.54) is 24.3 Å². The molecule has 0 bridgehead atoms. The van der Waals surface area contributed by atoms with Crippen LogP contribution in [0.15, 0.2) is 40.9 Å². The first kappa shape index (κ1) is 12.9. The molecular formula is C15H10BrF2NO2. The zero-order valence-corrected chi connectivity index (χ0v) is 12.2. The number of hydrogen-bond acceptors (Lipinski definition) is 2. The fourth-order valence-corrected chi connectivity index (χ4v) is 2.61. The van der Waals surface area contributed by atoms with E-state index in [0.717, 1.165) is 11.0 Å². The Kier molecular flexibility index (Phi) is 3.20. The second-order valence-corrected chi connectivity index (χ2v) is 5.53. The fourth-order valence-electron chi connectivity index (χ4n) is 2.27. The first-order valence-electron chi connectivity index (χ1n) is 6.59. The van der Waals surface area contributed by atoms with Gasteiger partial charge in [0.05, 0.1) is 13.5 Å². The summed E-state index contributed by atoms with van der Waals surface area (Å²) in [6.07, 6.45) is -2.57. The average molecular weight is 355 g/mol. The minimum atomic E-state index is -2.57. The van der Waals surface area contributed by atoms with E-state index in [1.54, 1.807) is 6.07 Å². The summed E-state index contributed by atoms with van der Waals surface area (Å²) in [7, 11) is 0. The molecule has 1 aliphatic rings. The Morgan fingerprint density at radius 3 is 2.71 bits per heavy atom. The SMILES string of the molecule is [2H]C1(O)c2c(F)cccc2C(=O)N1Cc1ccc(Br)cc1F. The topological polar surface area (TPSA) is 40.5 Å². The molecule has 108 valence electrons. The average Bonchev–Trinajstić information content (AvgIpc) is 2.63. The molecule has 0 aliphatic carbocycles. The molecule has 3 nitrogen and oxygen atoms in total. The van der Waals surface area contributed by atoms with Crippen LogP contribution in [0.4, 0.5) is 8.78 Å². The van der Waals surface area contributed by atoms with Crippen LogP contribution < -0.4 is 0 Å². The molecule has 3 rings (SSSR count). The predicted molar refractivity (Wildman–Crippen MR) is 75.3 cm³/mol. The zero-order chi connectivity index (χ0) is 16.1. The number of hydrogen-bond donors (Lipinski definition) is 1. The van der Waals surface area contributed by atoms with Crippen LogP contribution >= 0.6 is 15.9 Å². The third kappa shape index (κ3) is 2.34. The van der Waals surface area contributed by atoms with Gasteiger partial charge in [-0.25, -0.2) is 8.78 Å². The van der Waals surface area contributed by atoms with Crippen molar-refractivity contribution in [3.63, 3.8) is 0 Å². The van der Waals surface area contributed by atoms with E-state index in [-0.39, 0.29) is 17.7 Å². The van der Waals surface area contributed by atoms with Crippen molar-refractivity contribution in [3.8, 4) is 0 Å². The lowest BCUT2D eigenvalue weighted by molar-refractivity contribution is 0.0120. The van der Waals surface area contributed by atoms with Gasteiger partial charge < -0.3 is 10.0 Å². The van der Waals surface area contributed by atoms with Crippen molar-refractivity contribution < 1.29 is 20.1 Å². The first-order valence-corrected chi connectivity index (χ1v) is 6.89. The van der Waals surface area contributed by atoms with E-state index in [9.17, 15) is 18.7 Å². The van der Waals surface area contributed by atoms with Gasteiger partial charge in [-0.2, -0.15) is 0 Å². The minimum Gasteiger partial charge on any atom is -0.369 e. The molecule has 0 saturated carbocycles. The summed E-state index contributed by atoms with van der Waals surface area (Å²) in [5, 5.41) is 10.3. The summed E-state index contributed by atoms with van der Waals surface area (Å²) >= 11 is 3.12. The van der Waals surface area contributed by atoms with Crippen molar-refractivity contribution in [1.82, 2.24) is 4.90 Å². The molecule has 1 atom stereocenters. The van der Waals surface area contributed by atoms with Gasteiger partial charge in [-0.15, -0.1) is 0 Å². The summed E-state index contributed by atoms with van der Waals surface area (Å²) in [6, 6.07) is 7.95. The highest BCUT2D eigenvalue weighted by Crippen LogP contribution is 2.35. The number of benzene rings is 2. The van der Waals surface area contributed by atoms with Crippen LogP contribution in [0, 0.1) is 11.6 Å². The fraction of sp³-hybridized carbons (Fsp3) is 0.133. The lowest BCUT2D eigenvalue weighted by Crippen LogP contribution is -2.27. The molecular weight excluding hydrogens is 344 g/mol. The standard InChI is InChI=1S/C15H10BrF2NO2/c16-9-5-4-8(12(18)6-9)7-19-14(20)10-2-1-3-11(17)13(10)15(19)21/h1-6,15,21H,7H2/i15D. The van der Waals surface area contributed by atoms with E-state index >= 15 is 0 Å². The van der Waals surface area contributed by atoms with Gasteiger partial charge in [0.25, 0.3) is 5.91 Å². The van der Waals surface area contributed by atoms with Gasteiger partial charge in [-0.1, -0.05) is 28.1 Å². The highest BCUT2D eigenvalue weighted by atomic mass is 79.9. The maximum absolute atomic E-state index is 13.9. The maximum atomic E-state index is 13.9. The molecule has 21 heavy (non-hydrogen) atoms. The molecule has 1 unspecified atom stereocenters. The van der Waals surface area contributed by atoms with Gasteiger partial charge in [0, 0.05) is 15.6 Å². The van der Waals surface area contributed by atoms with Gasteiger partial charge in [-0.05, 0) is 24.3 Å². The number of amides is 1. The summed E-state index contributed by atoms with van der Waals surface area (Å²) in [5.41, 5.74) is -0.372. The minimum absolute atomic E-state index is 0.0879. The second kappa shape index (κ2) is 5.20. The maximum Gasteiger partial charge on any atom is 0.257 e.